The van der Waals surface area contributed by atoms with E-state index >= 15 is 0 Å². The van der Waals surface area contributed by atoms with Crippen molar-refractivity contribution in [2.75, 3.05) is 20.1 Å². The molecule has 2 aliphatic heterocycles. The third-order valence-corrected chi connectivity index (χ3v) is 5.16. The Bertz CT molecular complexity index is 811. The molecule has 1 saturated heterocycles. The number of imidazole rings is 1. The van der Waals surface area contributed by atoms with Crippen LogP contribution in [0.3, 0.4) is 0 Å². The van der Waals surface area contributed by atoms with E-state index in [1.54, 1.807) is 37.8 Å². The fourth-order valence-electron chi connectivity index (χ4n) is 3.78. The first kappa shape index (κ1) is 16.7. The highest BCUT2D eigenvalue weighted by atomic mass is 16.5. The van der Waals surface area contributed by atoms with Gasteiger partial charge >= 0.3 is 0 Å². The Labute approximate surface area is 151 Å². The number of rotatable bonds is 2. The van der Waals surface area contributed by atoms with Gasteiger partial charge < -0.3 is 19.5 Å². The van der Waals surface area contributed by atoms with E-state index in [4.69, 9.17) is 4.74 Å². The molecule has 1 spiro atoms. The van der Waals surface area contributed by atoms with Crippen molar-refractivity contribution in [2.24, 2.45) is 0 Å². The molecule has 2 aliphatic rings. The summed E-state index contributed by atoms with van der Waals surface area (Å²) in [5.41, 5.74) is -0.0530. The highest BCUT2D eigenvalue weighted by Crippen LogP contribution is 2.40. The largest absolute Gasteiger partial charge is 0.357 e. The van der Waals surface area contributed by atoms with Gasteiger partial charge in [-0.25, -0.2) is 4.98 Å². The number of nitrogens with zero attached hydrogens (tertiary/aromatic N) is 4. The minimum absolute atomic E-state index is 0.0325. The molecule has 1 fully saturated rings. The number of carbonyl (C=O) groups is 2. The molecule has 2 aromatic rings. The smallest absolute Gasteiger partial charge is 0.255 e. The summed E-state index contributed by atoms with van der Waals surface area (Å²) in [6.45, 7) is 1.54. The van der Waals surface area contributed by atoms with Gasteiger partial charge in [-0.15, -0.1) is 0 Å². The van der Waals surface area contributed by atoms with Crippen LogP contribution < -0.4 is 5.32 Å². The van der Waals surface area contributed by atoms with Crippen LogP contribution in [0.1, 0.15) is 29.0 Å². The number of hydrogen-bond donors (Lipinski definition) is 1. The molecule has 8 nitrogen and oxygen atoms in total. The van der Waals surface area contributed by atoms with Crippen LogP contribution in [0.15, 0.2) is 36.9 Å². The number of ether oxygens (including phenoxy) is 1. The Morgan fingerprint density at radius 1 is 1.31 bits per heavy atom. The Balaban J connectivity index is 1.54. The third kappa shape index (κ3) is 2.76. The summed E-state index contributed by atoms with van der Waals surface area (Å²) in [6.07, 6.45) is 7.49. The lowest BCUT2D eigenvalue weighted by molar-refractivity contribution is -0.171. The maximum atomic E-state index is 12.6. The number of hydrogen-bond acceptors (Lipinski definition) is 5. The van der Waals surface area contributed by atoms with Crippen molar-refractivity contribution in [2.45, 2.75) is 31.1 Å². The maximum Gasteiger partial charge on any atom is 0.255 e. The molecule has 4 rings (SSSR count). The summed E-state index contributed by atoms with van der Waals surface area (Å²) in [5.74, 6) is 0.665. The predicted octanol–water partition coefficient (Wildman–Crippen LogP) is 0.554. The molecule has 2 amide bonds. The molecular formula is C18H21N5O3. The zero-order valence-electron chi connectivity index (χ0n) is 14.6. The standard InChI is InChI=1S/C18H21N5O3/c1-19-15(24)14-12-23-10-7-21-17(23)18(26-14)4-8-22(9-5-18)16(25)13-3-2-6-20-11-13/h2-3,6-7,10-11,14H,4-5,8-9,12H2,1H3,(H,19,24). The van der Waals surface area contributed by atoms with E-state index in [2.05, 4.69) is 15.3 Å². The van der Waals surface area contributed by atoms with Crippen molar-refractivity contribution in [3.8, 4) is 0 Å². The van der Waals surface area contributed by atoms with E-state index in [1.807, 2.05) is 15.7 Å². The van der Waals surface area contributed by atoms with Crippen LogP contribution in [0.2, 0.25) is 0 Å². The number of likely N-dealkylation sites (tertiary alicyclic amines) is 1. The molecule has 136 valence electrons. The van der Waals surface area contributed by atoms with Gasteiger partial charge in [-0.05, 0) is 12.1 Å². The zero-order valence-corrected chi connectivity index (χ0v) is 14.6. The van der Waals surface area contributed by atoms with Gasteiger partial charge in [-0.2, -0.15) is 0 Å². The van der Waals surface area contributed by atoms with E-state index in [9.17, 15) is 9.59 Å². The van der Waals surface area contributed by atoms with Crippen LogP contribution in [0.25, 0.3) is 0 Å². The second kappa shape index (κ2) is 6.53. The molecule has 1 unspecified atom stereocenters. The Kier molecular flexibility index (Phi) is 4.20. The van der Waals surface area contributed by atoms with Gasteiger partial charge in [0.15, 0.2) is 6.10 Å². The SMILES string of the molecule is CNC(=O)C1Cn2ccnc2C2(CCN(C(=O)c3cccnc3)CC2)O1. The monoisotopic (exact) mass is 355 g/mol. The lowest BCUT2D eigenvalue weighted by atomic mass is 9.88. The topological polar surface area (TPSA) is 89.4 Å². The van der Waals surface area contributed by atoms with Gasteiger partial charge in [0.05, 0.1) is 12.1 Å². The molecule has 0 aliphatic carbocycles. The summed E-state index contributed by atoms with van der Waals surface area (Å²) >= 11 is 0. The Hall–Kier alpha value is -2.74. The fraction of sp³-hybridized carbons (Fsp3) is 0.444. The average Bonchev–Trinajstić information content (AvgIpc) is 3.18. The summed E-state index contributed by atoms with van der Waals surface area (Å²) in [6, 6.07) is 3.53. The minimum Gasteiger partial charge on any atom is -0.357 e. The number of aromatic nitrogens is 3. The van der Waals surface area contributed by atoms with Crippen molar-refractivity contribution in [1.29, 1.82) is 0 Å². The lowest BCUT2D eigenvalue weighted by Crippen LogP contribution is -2.54. The van der Waals surface area contributed by atoms with Crippen LogP contribution in [0.5, 0.6) is 0 Å². The molecule has 2 aromatic heterocycles. The summed E-state index contributed by atoms with van der Waals surface area (Å²) in [5, 5.41) is 2.66. The predicted molar refractivity (Wildman–Crippen MR) is 92.2 cm³/mol. The lowest BCUT2D eigenvalue weighted by Gasteiger charge is -2.45. The number of amides is 2. The van der Waals surface area contributed by atoms with Gasteiger partial charge in [-0.1, -0.05) is 0 Å². The highest BCUT2D eigenvalue weighted by Gasteiger charge is 2.47. The highest BCUT2D eigenvalue weighted by molar-refractivity contribution is 5.93. The molecular weight excluding hydrogens is 334 g/mol. The van der Waals surface area contributed by atoms with E-state index in [0.29, 0.717) is 38.0 Å². The Morgan fingerprint density at radius 3 is 2.81 bits per heavy atom. The van der Waals surface area contributed by atoms with Crippen LogP contribution in [0, 0.1) is 0 Å². The van der Waals surface area contributed by atoms with Crippen molar-refractivity contribution >= 4 is 11.8 Å². The van der Waals surface area contributed by atoms with Crippen LogP contribution >= 0.6 is 0 Å². The number of likely N-dealkylation sites (N-methyl/N-ethyl adjacent to an activating group) is 1. The molecule has 1 atom stereocenters. The van der Waals surface area contributed by atoms with Gasteiger partial charge in [0, 0.05) is 57.8 Å². The molecule has 0 radical (unpaired) electrons. The van der Waals surface area contributed by atoms with Gasteiger partial charge in [0.1, 0.15) is 11.4 Å². The summed E-state index contributed by atoms with van der Waals surface area (Å²) in [7, 11) is 1.61. The molecule has 4 heterocycles. The molecule has 0 bridgehead atoms. The molecule has 26 heavy (non-hydrogen) atoms. The first-order chi connectivity index (χ1) is 12.6. The number of pyridine rings is 1. The quantitative estimate of drug-likeness (QED) is 0.850. The van der Waals surface area contributed by atoms with Crippen molar-refractivity contribution in [3.05, 3.63) is 48.3 Å². The fourth-order valence-corrected chi connectivity index (χ4v) is 3.78. The van der Waals surface area contributed by atoms with Gasteiger partial charge in [0.25, 0.3) is 11.8 Å². The average molecular weight is 355 g/mol. The van der Waals surface area contributed by atoms with Crippen molar-refractivity contribution in [1.82, 2.24) is 24.8 Å². The van der Waals surface area contributed by atoms with Crippen molar-refractivity contribution < 1.29 is 14.3 Å². The van der Waals surface area contributed by atoms with E-state index in [1.165, 1.54) is 0 Å². The van der Waals surface area contributed by atoms with Crippen LogP contribution in [-0.2, 0) is 21.7 Å². The van der Waals surface area contributed by atoms with Crippen molar-refractivity contribution in [3.63, 3.8) is 0 Å². The molecule has 0 aromatic carbocycles. The molecule has 1 N–H and O–H groups in total. The van der Waals surface area contributed by atoms with E-state index in [-0.39, 0.29) is 11.8 Å². The number of nitrogens with one attached hydrogen (secondary N) is 1. The normalized spacial score (nSPS) is 21.3. The maximum absolute atomic E-state index is 12.6. The summed E-state index contributed by atoms with van der Waals surface area (Å²) < 4.78 is 8.23. The zero-order chi connectivity index (χ0) is 18.1. The second-order valence-corrected chi connectivity index (χ2v) is 6.65. The van der Waals surface area contributed by atoms with Crippen LogP contribution in [-0.4, -0.2) is 57.5 Å². The van der Waals surface area contributed by atoms with Crippen LogP contribution in [0.4, 0.5) is 0 Å². The molecule has 0 saturated carbocycles. The van der Waals surface area contributed by atoms with Gasteiger partial charge in [-0.3, -0.25) is 14.6 Å². The first-order valence-corrected chi connectivity index (χ1v) is 8.73. The minimum atomic E-state index is -0.634. The number of fused-ring (bicyclic) bond motifs is 2. The molecule has 8 heteroatoms. The van der Waals surface area contributed by atoms with Gasteiger partial charge in [0.2, 0.25) is 0 Å². The Morgan fingerprint density at radius 2 is 2.12 bits per heavy atom. The number of carbonyl (C=O) groups excluding carboxylic acids is 2. The second-order valence-electron chi connectivity index (χ2n) is 6.65. The third-order valence-electron chi connectivity index (χ3n) is 5.16. The number of piperidine rings is 1. The first-order valence-electron chi connectivity index (χ1n) is 8.73. The van der Waals surface area contributed by atoms with E-state index in [0.717, 1.165) is 5.82 Å². The van der Waals surface area contributed by atoms with E-state index < -0.39 is 11.7 Å². The summed E-state index contributed by atoms with van der Waals surface area (Å²) in [4.78, 5) is 35.1.